The number of hydrogen-bond donors (Lipinski definition) is 0. The molecule has 9 nitrogen and oxygen atoms in total. The Morgan fingerprint density at radius 2 is 1.44 bits per heavy atom. The second kappa shape index (κ2) is 12.1. The predicted molar refractivity (Wildman–Crippen MR) is 153 cm³/mol. The van der Waals surface area contributed by atoms with Crippen molar-refractivity contribution in [3.8, 4) is 10.4 Å². The number of aryl methyl sites for hydroxylation is 1. The molecule has 0 radical (unpaired) electrons. The molecule has 2 aromatic heterocycles. The molecule has 2 heterocycles. The largest absolute Gasteiger partial charge is 0.417 e. The van der Waals surface area contributed by atoms with Crippen LogP contribution in [0, 0.1) is 6.92 Å². The number of hydrogen-bond acceptors (Lipinski definition) is 10. The Bertz CT molecular complexity index is 1980. The van der Waals surface area contributed by atoms with E-state index in [9.17, 15) is 48.0 Å². The van der Waals surface area contributed by atoms with Crippen molar-refractivity contribution in [2.75, 3.05) is 24.0 Å². The molecule has 0 N–H and O–H groups in total. The van der Waals surface area contributed by atoms with Crippen molar-refractivity contribution in [1.82, 2.24) is 15.0 Å². The molecule has 240 valence electrons. The zero-order valence-electron chi connectivity index (χ0n) is 23.4. The molecule has 0 aliphatic rings. The van der Waals surface area contributed by atoms with Gasteiger partial charge in [-0.3, -0.25) is 14.7 Å². The lowest BCUT2D eigenvalue weighted by Crippen LogP contribution is -2.27. The lowest BCUT2D eigenvalue weighted by Gasteiger charge is -2.20. The minimum Gasteiger partial charge on any atom is -0.297 e. The molecule has 45 heavy (non-hydrogen) atoms. The molecule has 2 aromatic carbocycles. The summed E-state index contributed by atoms with van der Waals surface area (Å²) in [6.45, 7) is 0.993. The minimum atomic E-state index is -5.01. The van der Waals surface area contributed by atoms with Gasteiger partial charge in [0, 0.05) is 31.3 Å². The number of alkyl halides is 6. The van der Waals surface area contributed by atoms with E-state index in [4.69, 9.17) is 0 Å². The normalized spacial score (nSPS) is 12.7. The Morgan fingerprint density at radius 3 is 1.98 bits per heavy atom. The summed E-state index contributed by atoms with van der Waals surface area (Å²) in [6.07, 6.45) is -5.33. The van der Waals surface area contributed by atoms with Gasteiger partial charge in [-0.2, -0.15) is 26.3 Å². The highest BCUT2D eigenvalue weighted by Gasteiger charge is 2.38. The Balaban J connectivity index is 1.72. The minimum absolute atomic E-state index is 0.00652. The molecule has 0 saturated heterocycles. The highest BCUT2D eigenvalue weighted by Crippen LogP contribution is 2.41. The van der Waals surface area contributed by atoms with Crippen LogP contribution in [0.4, 0.5) is 37.3 Å². The molecular formula is C27H22F6N4O5S3. The molecular weight excluding hydrogens is 671 g/mol. The number of carbonyl (C=O) groups is 1. The third-order valence-electron chi connectivity index (χ3n) is 6.27. The van der Waals surface area contributed by atoms with Crippen molar-refractivity contribution in [2.45, 2.75) is 35.5 Å². The van der Waals surface area contributed by atoms with E-state index in [1.54, 1.807) is 0 Å². The third-order valence-corrected chi connectivity index (χ3v) is 9.81. The van der Waals surface area contributed by atoms with Crippen molar-refractivity contribution >= 4 is 47.7 Å². The van der Waals surface area contributed by atoms with Crippen LogP contribution in [0.2, 0.25) is 0 Å². The van der Waals surface area contributed by atoms with Crippen molar-refractivity contribution in [1.29, 1.82) is 0 Å². The van der Waals surface area contributed by atoms with Gasteiger partial charge in [0.05, 0.1) is 44.2 Å². The van der Waals surface area contributed by atoms with E-state index in [2.05, 4.69) is 15.0 Å². The van der Waals surface area contributed by atoms with Crippen LogP contribution in [-0.4, -0.2) is 56.6 Å². The van der Waals surface area contributed by atoms with Crippen molar-refractivity contribution in [3.05, 3.63) is 77.4 Å². The number of carbonyl (C=O) groups excluding carboxylic acids is 1. The van der Waals surface area contributed by atoms with E-state index in [1.807, 2.05) is 0 Å². The lowest BCUT2D eigenvalue weighted by atomic mass is 10.0. The van der Waals surface area contributed by atoms with Crippen LogP contribution < -0.4 is 4.90 Å². The second-order valence-corrected chi connectivity index (χ2v) is 14.8. The van der Waals surface area contributed by atoms with Crippen molar-refractivity contribution < 1.29 is 48.0 Å². The first-order valence-electron chi connectivity index (χ1n) is 12.5. The van der Waals surface area contributed by atoms with Gasteiger partial charge in [-0.1, -0.05) is 23.5 Å². The van der Waals surface area contributed by atoms with Crippen LogP contribution in [0.15, 0.2) is 64.8 Å². The molecule has 4 aromatic rings. The molecule has 0 atom stereocenters. The Labute approximate surface area is 257 Å². The fourth-order valence-electron chi connectivity index (χ4n) is 4.35. The molecule has 18 heteroatoms. The predicted octanol–water partition coefficient (Wildman–Crippen LogP) is 5.70. The van der Waals surface area contributed by atoms with E-state index in [1.165, 1.54) is 36.5 Å². The second-order valence-electron chi connectivity index (χ2n) is 9.86. The van der Waals surface area contributed by atoms with E-state index in [-0.39, 0.29) is 32.6 Å². The average molecular weight is 693 g/mol. The number of halogens is 6. The fraction of sp³-hybridized carbons (Fsp3) is 0.259. The summed E-state index contributed by atoms with van der Waals surface area (Å²) in [5.41, 5.74) is -2.64. The van der Waals surface area contributed by atoms with Crippen LogP contribution in [0.25, 0.3) is 10.4 Å². The smallest absolute Gasteiger partial charge is 0.297 e. The molecule has 0 saturated carbocycles. The van der Waals surface area contributed by atoms with E-state index >= 15 is 0 Å². The van der Waals surface area contributed by atoms with E-state index in [0.29, 0.717) is 24.6 Å². The van der Waals surface area contributed by atoms with Gasteiger partial charge in [0.1, 0.15) is 0 Å². The Kier molecular flexibility index (Phi) is 9.16. The van der Waals surface area contributed by atoms with Gasteiger partial charge in [-0.15, -0.1) is 0 Å². The van der Waals surface area contributed by atoms with Crippen LogP contribution in [0.1, 0.15) is 22.4 Å². The molecule has 0 spiro atoms. The van der Waals surface area contributed by atoms with Crippen molar-refractivity contribution in [2.24, 2.45) is 0 Å². The number of Topliss-reactive ketones (excluding diaryl/α,β-unsaturated/α-hetero) is 1. The number of thiazole rings is 1. The quantitative estimate of drug-likeness (QED) is 0.203. The lowest BCUT2D eigenvalue weighted by molar-refractivity contribution is -0.140. The standard InChI is InChI=1S/C27H22F6N4O5S3/c1-15-24(17-5-7-22(45(3,41)42)20(12-17)27(31,32)33)43-25(36-15)37(23-13-34-8-9-35-23)14-18(38)10-16-4-6-21(44(2,39)40)19(11-16)26(28,29)30/h4-9,11-13H,10,14H2,1-3H3. The van der Waals surface area contributed by atoms with Crippen LogP contribution in [0.5, 0.6) is 0 Å². The molecule has 0 bridgehead atoms. The average Bonchev–Trinajstić information content (AvgIpc) is 3.31. The molecule has 0 amide bonds. The third kappa shape index (κ3) is 7.85. The first kappa shape index (κ1) is 34.0. The summed E-state index contributed by atoms with van der Waals surface area (Å²) in [5.74, 6) is -0.537. The first-order chi connectivity index (χ1) is 20.7. The van der Waals surface area contributed by atoms with E-state index in [0.717, 1.165) is 29.5 Å². The maximum atomic E-state index is 13.8. The highest BCUT2D eigenvalue weighted by molar-refractivity contribution is 7.91. The van der Waals surface area contributed by atoms with Crippen LogP contribution >= 0.6 is 11.3 Å². The number of aromatic nitrogens is 3. The number of sulfone groups is 2. The van der Waals surface area contributed by atoms with Gasteiger partial charge in [0.25, 0.3) is 0 Å². The highest BCUT2D eigenvalue weighted by atomic mass is 32.2. The summed E-state index contributed by atoms with van der Waals surface area (Å²) in [5, 5.41) is 0.0838. The summed E-state index contributed by atoms with van der Waals surface area (Å²) in [7, 11) is -8.44. The van der Waals surface area contributed by atoms with Gasteiger partial charge in [-0.25, -0.2) is 26.8 Å². The Morgan fingerprint density at radius 1 is 0.867 bits per heavy atom. The van der Waals surface area contributed by atoms with Gasteiger partial charge in [-0.05, 0) is 42.3 Å². The number of rotatable bonds is 9. The van der Waals surface area contributed by atoms with E-state index < -0.39 is 71.7 Å². The number of benzene rings is 2. The zero-order chi connectivity index (χ0) is 33.5. The summed E-state index contributed by atoms with van der Waals surface area (Å²) >= 11 is 0.870. The molecule has 0 fully saturated rings. The van der Waals surface area contributed by atoms with Gasteiger partial charge < -0.3 is 0 Å². The summed E-state index contributed by atoms with van der Waals surface area (Å²) in [4.78, 5) is 25.3. The first-order valence-corrected chi connectivity index (χ1v) is 17.1. The SMILES string of the molecule is Cc1nc(N(CC(=O)Cc2ccc(S(C)(=O)=O)c(C(F)(F)F)c2)c2cnccn2)sc1-c1ccc(S(C)(=O)=O)c(C(F)(F)F)c1. The zero-order valence-corrected chi connectivity index (χ0v) is 25.9. The maximum absolute atomic E-state index is 13.8. The number of anilines is 2. The van der Waals surface area contributed by atoms with Gasteiger partial charge in [0.2, 0.25) is 0 Å². The molecule has 0 aliphatic carbocycles. The number of nitrogens with zero attached hydrogens (tertiary/aromatic N) is 4. The topological polar surface area (TPSA) is 127 Å². The maximum Gasteiger partial charge on any atom is 0.417 e. The van der Waals surface area contributed by atoms with Crippen molar-refractivity contribution in [3.63, 3.8) is 0 Å². The van der Waals surface area contributed by atoms with Gasteiger partial charge >= 0.3 is 12.4 Å². The summed E-state index contributed by atoms with van der Waals surface area (Å²) < 4.78 is 130. The molecule has 0 aliphatic heterocycles. The summed E-state index contributed by atoms with van der Waals surface area (Å²) in [6, 6.07) is 5.21. The van der Waals surface area contributed by atoms with Crippen LogP contribution in [-0.2, 0) is 43.2 Å². The fourth-order valence-corrected chi connectivity index (χ4v) is 7.20. The van der Waals surface area contributed by atoms with Gasteiger partial charge in [0.15, 0.2) is 36.4 Å². The molecule has 0 unspecified atom stereocenters. The van der Waals surface area contributed by atoms with Crippen LogP contribution in [0.3, 0.4) is 0 Å². The Hall–Kier alpha value is -3.90. The number of ketones is 1. The monoisotopic (exact) mass is 692 g/mol. The molecule has 4 rings (SSSR count).